The van der Waals surface area contributed by atoms with Crippen LogP contribution >= 0.6 is 0 Å². The zero-order valence-electron chi connectivity index (χ0n) is 18.0. The van der Waals surface area contributed by atoms with Gasteiger partial charge in [-0.05, 0) is 65.3 Å². The highest BCUT2D eigenvalue weighted by atomic mass is 19.1. The minimum atomic E-state index is -0.809. The molecular weight excluding hydrogens is 377 g/mol. The number of allylic oxidation sites excluding steroid dienone is 2. The first-order chi connectivity index (χ1) is 14.3. The minimum Gasteiger partial charge on any atom is -0.388 e. The van der Waals surface area contributed by atoms with Gasteiger partial charge in [-0.25, -0.2) is 4.39 Å². The molecule has 3 atom stereocenters. The molecule has 0 radical (unpaired) electrons. The lowest BCUT2D eigenvalue weighted by atomic mass is 9.69. The molecule has 2 aromatic rings. The summed E-state index contributed by atoms with van der Waals surface area (Å²) in [5, 5.41) is 22.6. The number of rotatable bonds is 2. The molecule has 0 saturated heterocycles. The smallest absolute Gasteiger partial charge is 0.115 e. The van der Waals surface area contributed by atoms with Crippen molar-refractivity contribution in [2.24, 2.45) is 5.41 Å². The number of aliphatic hydroxyl groups excluding tert-OH is 2. The Morgan fingerprint density at radius 2 is 1.97 bits per heavy atom. The highest BCUT2D eigenvalue weighted by Gasteiger charge is 2.40. The topological polar surface area (TPSA) is 53.4 Å². The lowest BCUT2D eigenvalue weighted by Crippen LogP contribution is -2.31. The Morgan fingerprint density at radius 3 is 2.67 bits per heavy atom. The predicted molar refractivity (Wildman–Crippen MR) is 116 cm³/mol. The molecule has 3 nitrogen and oxygen atoms in total. The van der Waals surface area contributed by atoms with E-state index in [4.69, 9.17) is 4.98 Å². The van der Waals surface area contributed by atoms with Crippen LogP contribution in [0, 0.1) is 5.41 Å². The van der Waals surface area contributed by atoms with Gasteiger partial charge >= 0.3 is 0 Å². The fraction of sp³-hybridized carbons (Fsp3) is 0.500. The monoisotopic (exact) mass is 407 g/mol. The Morgan fingerprint density at radius 1 is 1.17 bits per heavy atom. The number of hydrogen-bond donors (Lipinski definition) is 2. The van der Waals surface area contributed by atoms with Gasteiger partial charge in [0, 0.05) is 22.7 Å². The highest BCUT2D eigenvalue weighted by Crippen LogP contribution is 2.51. The zero-order valence-corrected chi connectivity index (χ0v) is 18.0. The van der Waals surface area contributed by atoms with E-state index in [-0.39, 0.29) is 11.3 Å². The van der Waals surface area contributed by atoms with Crippen LogP contribution in [-0.4, -0.2) is 15.2 Å². The van der Waals surface area contributed by atoms with Gasteiger partial charge < -0.3 is 10.2 Å². The van der Waals surface area contributed by atoms with Gasteiger partial charge in [-0.1, -0.05) is 45.0 Å². The lowest BCUT2D eigenvalue weighted by Gasteiger charge is -2.39. The van der Waals surface area contributed by atoms with Gasteiger partial charge in [0.05, 0.1) is 11.8 Å². The second-order valence-corrected chi connectivity index (χ2v) is 10.0. The van der Waals surface area contributed by atoms with Crippen LogP contribution in [0.2, 0.25) is 0 Å². The number of benzene rings is 1. The molecule has 2 N–H and O–H groups in total. The van der Waals surface area contributed by atoms with Crippen molar-refractivity contribution in [3.63, 3.8) is 0 Å². The molecule has 1 aromatic carbocycles. The number of nitrogens with zero attached hydrogens (tertiary/aromatic N) is 1. The average Bonchev–Trinajstić information content (AvgIpc) is 3.23. The quantitative estimate of drug-likeness (QED) is 0.674. The van der Waals surface area contributed by atoms with E-state index in [0.29, 0.717) is 12.0 Å². The molecule has 0 amide bonds. The molecule has 0 spiro atoms. The normalized spacial score (nSPS) is 26.6. The maximum atomic E-state index is 13.3. The van der Waals surface area contributed by atoms with Crippen LogP contribution in [0.3, 0.4) is 0 Å². The number of halogens is 1. The van der Waals surface area contributed by atoms with Crippen LogP contribution in [0.25, 0.3) is 5.57 Å². The fourth-order valence-corrected chi connectivity index (χ4v) is 5.81. The van der Waals surface area contributed by atoms with Crippen molar-refractivity contribution >= 4 is 5.57 Å². The third-order valence-electron chi connectivity index (χ3n) is 7.22. The minimum absolute atomic E-state index is 0.0230. The summed E-state index contributed by atoms with van der Waals surface area (Å²) in [6, 6.07) is 5.50. The van der Waals surface area contributed by atoms with Crippen molar-refractivity contribution < 1.29 is 14.6 Å². The van der Waals surface area contributed by atoms with Gasteiger partial charge in [-0.3, -0.25) is 4.98 Å². The number of hydrogen-bond acceptors (Lipinski definition) is 3. The third-order valence-corrected chi connectivity index (χ3v) is 7.22. The van der Waals surface area contributed by atoms with Gasteiger partial charge in [0.2, 0.25) is 0 Å². The average molecular weight is 408 g/mol. The molecule has 30 heavy (non-hydrogen) atoms. The van der Waals surface area contributed by atoms with Crippen molar-refractivity contribution in [3.05, 3.63) is 69.0 Å². The van der Waals surface area contributed by atoms with E-state index >= 15 is 0 Å². The van der Waals surface area contributed by atoms with E-state index in [0.717, 1.165) is 64.9 Å². The van der Waals surface area contributed by atoms with Crippen LogP contribution < -0.4 is 0 Å². The van der Waals surface area contributed by atoms with E-state index in [2.05, 4.69) is 26.8 Å². The van der Waals surface area contributed by atoms with Crippen molar-refractivity contribution in [2.75, 3.05) is 0 Å². The van der Waals surface area contributed by atoms with Crippen molar-refractivity contribution in [1.29, 1.82) is 0 Å². The maximum absolute atomic E-state index is 13.3. The number of pyridine rings is 1. The number of alkyl halides is 1. The molecule has 3 aliphatic carbocycles. The first-order valence-electron chi connectivity index (χ1n) is 11.1. The van der Waals surface area contributed by atoms with E-state index in [1.165, 1.54) is 5.57 Å². The summed E-state index contributed by atoms with van der Waals surface area (Å²) < 4.78 is 13.3. The van der Waals surface area contributed by atoms with Crippen LogP contribution in [-0.2, 0) is 13.1 Å². The summed E-state index contributed by atoms with van der Waals surface area (Å²) in [4.78, 5) is 5.08. The predicted octanol–water partition coefficient (Wildman–Crippen LogP) is 5.67. The molecule has 1 heterocycles. The van der Waals surface area contributed by atoms with Gasteiger partial charge in [0.25, 0.3) is 0 Å². The largest absolute Gasteiger partial charge is 0.388 e. The van der Waals surface area contributed by atoms with Crippen LogP contribution in [0.5, 0.6) is 0 Å². The SMILES string of the molecule is CC1c2cc(CF)ccc2C(O)c2c1nc1c(c2C2=CCCC2)C(O)CC(C)(C)C1. The van der Waals surface area contributed by atoms with Crippen molar-refractivity contribution in [2.45, 2.75) is 77.7 Å². The van der Waals surface area contributed by atoms with E-state index in [1.807, 2.05) is 12.1 Å². The Labute approximate surface area is 177 Å². The zero-order chi connectivity index (χ0) is 21.2. The number of fused-ring (bicyclic) bond motifs is 3. The van der Waals surface area contributed by atoms with E-state index in [1.54, 1.807) is 6.07 Å². The Bertz CT molecular complexity index is 1060. The molecule has 5 rings (SSSR count). The van der Waals surface area contributed by atoms with Crippen LogP contribution in [0.1, 0.15) is 109 Å². The molecule has 158 valence electrons. The second kappa shape index (κ2) is 7.00. The van der Waals surface area contributed by atoms with Gasteiger partial charge in [0.15, 0.2) is 0 Å². The maximum Gasteiger partial charge on any atom is 0.115 e. The fourth-order valence-electron chi connectivity index (χ4n) is 5.81. The molecule has 4 heteroatoms. The molecular formula is C26H30FNO2. The second-order valence-electron chi connectivity index (χ2n) is 10.0. The molecule has 3 unspecified atom stereocenters. The Hall–Kier alpha value is -2.04. The van der Waals surface area contributed by atoms with Gasteiger partial charge in [-0.2, -0.15) is 0 Å². The highest BCUT2D eigenvalue weighted by molar-refractivity contribution is 5.76. The van der Waals surface area contributed by atoms with Crippen molar-refractivity contribution in [1.82, 2.24) is 4.98 Å². The summed E-state index contributed by atoms with van der Waals surface area (Å²) in [5.74, 6) is -0.0295. The van der Waals surface area contributed by atoms with Crippen LogP contribution in [0.15, 0.2) is 24.3 Å². The first-order valence-corrected chi connectivity index (χ1v) is 11.1. The summed E-state index contributed by atoms with van der Waals surface area (Å²) in [6.45, 7) is 5.94. The molecule has 3 aliphatic rings. The van der Waals surface area contributed by atoms with Gasteiger partial charge in [0.1, 0.15) is 12.8 Å². The van der Waals surface area contributed by atoms with E-state index in [9.17, 15) is 14.6 Å². The molecule has 0 saturated carbocycles. The first kappa shape index (κ1) is 19.9. The molecule has 1 aromatic heterocycles. The Balaban J connectivity index is 1.79. The van der Waals surface area contributed by atoms with Crippen molar-refractivity contribution in [3.8, 4) is 0 Å². The number of aromatic nitrogens is 1. The third kappa shape index (κ3) is 2.96. The summed E-state index contributed by atoms with van der Waals surface area (Å²) >= 11 is 0. The molecule has 0 aliphatic heterocycles. The summed E-state index contributed by atoms with van der Waals surface area (Å²) in [5.41, 5.74) is 8.30. The van der Waals surface area contributed by atoms with Crippen LogP contribution in [0.4, 0.5) is 4.39 Å². The van der Waals surface area contributed by atoms with E-state index < -0.39 is 18.9 Å². The summed E-state index contributed by atoms with van der Waals surface area (Å²) in [7, 11) is 0. The molecule has 0 fully saturated rings. The lowest BCUT2D eigenvalue weighted by molar-refractivity contribution is 0.0971. The molecule has 0 bridgehead atoms. The standard InChI is InChI=1S/C26H30FNO2/c1-14-18-10-15(13-27)8-9-17(18)25(30)23-21(16-6-4-5-7-16)22-19(28-24(14)23)11-26(2,3)12-20(22)29/h6,8-10,14,20,25,29-30H,4-5,7,11-13H2,1-3H3. The number of aliphatic hydroxyl groups is 2. The Kier molecular flexibility index (Phi) is 4.64. The van der Waals surface area contributed by atoms with Gasteiger partial charge in [-0.15, -0.1) is 0 Å². The summed E-state index contributed by atoms with van der Waals surface area (Å²) in [6.07, 6.45) is 5.49.